The Balaban J connectivity index is 2.46. The third kappa shape index (κ3) is 4.21. The van der Waals surface area contributed by atoms with Crippen molar-refractivity contribution in [3.8, 4) is 0 Å². The summed E-state index contributed by atoms with van der Waals surface area (Å²) < 4.78 is 16.5. The number of methoxy groups -OCH3 is 2. The minimum atomic E-state index is -0.130. The number of rotatable bonds is 6. The molecule has 0 amide bonds. The number of ether oxygens (including phenoxy) is 3. The van der Waals surface area contributed by atoms with Crippen molar-refractivity contribution >= 4 is 0 Å². The highest BCUT2D eigenvalue weighted by atomic mass is 16.5. The van der Waals surface area contributed by atoms with Crippen LogP contribution in [0.1, 0.15) is 34.1 Å². The molecule has 0 saturated carbocycles. The summed E-state index contributed by atoms with van der Waals surface area (Å²) in [6, 6.07) is 0.354. The predicted octanol–water partition coefficient (Wildman–Crippen LogP) is 1.58. The molecule has 2 atom stereocenters. The molecule has 4 heteroatoms. The molecule has 0 aromatic heterocycles. The summed E-state index contributed by atoms with van der Waals surface area (Å²) in [5, 5.41) is 3.53. The second-order valence-electron chi connectivity index (χ2n) is 5.94. The van der Waals surface area contributed by atoms with E-state index in [2.05, 4.69) is 33.0 Å². The van der Waals surface area contributed by atoms with Gasteiger partial charge < -0.3 is 19.5 Å². The van der Waals surface area contributed by atoms with E-state index in [-0.39, 0.29) is 17.3 Å². The molecule has 1 N–H and O–H groups in total. The normalized spacial score (nSPS) is 28.2. The van der Waals surface area contributed by atoms with Gasteiger partial charge in [-0.25, -0.2) is 0 Å². The van der Waals surface area contributed by atoms with E-state index in [4.69, 9.17) is 14.2 Å². The van der Waals surface area contributed by atoms with E-state index < -0.39 is 0 Å². The first-order valence-corrected chi connectivity index (χ1v) is 6.26. The van der Waals surface area contributed by atoms with Gasteiger partial charge in [-0.3, -0.25) is 0 Å². The molecule has 2 unspecified atom stereocenters. The van der Waals surface area contributed by atoms with Crippen LogP contribution in [-0.2, 0) is 14.2 Å². The summed E-state index contributed by atoms with van der Waals surface area (Å²) in [7, 11) is 3.41. The van der Waals surface area contributed by atoms with E-state index in [1.165, 1.54) is 0 Å². The van der Waals surface area contributed by atoms with Gasteiger partial charge in [0.15, 0.2) is 0 Å². The molecule has 1 aliphatic rings. The molecule has 1 saturated heterocycles. The zero-order valence-corrected chi connectivity index (χ0v) is 12.0. The molecule has 0 spiro atoms. The fourth-order valence-corrected chi connectivity index (χ4v) is 2.55. The largest absolute Gasteiger partial charge is 0.382 e. The molecule has 0 aromatic rings. The highest BCUT2D eigenvalue weighted by Gasteiger charge is 2.45. The van der Waals surface area contributed by atoms with Crippen LogP contribution in [0.5, 0.6) is 0 Å². The lowest BCUT2D eigenvalue weighted by Crippen LogP contribution is -2.47. The van der Waals surface area contributed by atoms with Crippen LogP contribution in [0.4, 0.5) is 0 Å². The first kappa shape index (κ1) is 14.9. The van der Waals surface area contributed by atoms with Gasteiger partial charge >= 0.3 is 0 Å². The topological polar surface area (TPSA) is 39.7 Å². The highest BCUT2D eigenvalue weighted by molar-refractivity contribution is 4.99. The lowest BCUT2D eigenvalue weighted by atomic mass is 9.94. The molecule has 102 valence electrons. The monoisotopic (exact) mass is 245 g/mol. The Hall–Kier alpha value is -0.160. The molecule has 0 aliphatic carbocycles. The summed E-state index contributed by atoms with van der Waals surface area (Å²) in [5.74, 6) is 0. The first-order valence-electron chi connectivity index (χ1n) is 6.26. The molecule has 1 rings (SSSR count). The van der Waals surface area contributed by atoms with Crippen molar-refractivity contribution in [3.05, 3.63) is 0 Å². The van der Waals surface area contributed by atoms with Crippen molar-refractivity contribution in [3.63, 3.8) is 0 Å². The average Bonchev–Trinajstić information content (AvgIpc) is 2.41. The predicted molar refractivity (Wildman–Crippen MR) is 68.3 cm³/mol. The van der Waals surface area contributed by atoms with Gasteiger partial charge in [-0.05, 0) is 34.1 Å². The van der Waals surface area contributed by atoms with Crippen LogP contribution in [0.15, 0.2) is 0 Å². The van der Waals surface area contributed by atoms with Crippen LogP contribution in [-0.4, -0.2) is 50.7 Å². The van der Waals surface area contributed by atoms with Crippen LogP contribution in [0.3, 0.4) is 0 Å². The Morgan fingerprint density at radius 1 is 1.29 bits per heavy atom. The molecule has 0 aromatic carbocycles. The van der Waals surface area contributed by atoms with Crippen LogP contribution >= 0.6 is 0 Å². The van der Waals surface area contributed by atoms with Gasteiger partial charge in [0.2, 0.25) is 0 Å². The van der Waals surface area contributed by atoms with Crippen LogP contribution in [0, 0.1) is 0 Å². The molecular formula is C13H27NO3. The van der Waals surface area contributed by atoms with Gasteiger partial charge in [0.25, 0.3) is 0 Å². The van der Waals surface area contributed by atoms with Crippen molar-refractivity contribution in [2.24, 2.45) is 0 Å². The molecule has 1 aliphatic heterocycles. The zero-order valence-electron chi connectivity index (χ0n) is 12.0. The number of hydrogen-bond acceptors (Lipinski definition) is 4. The first-order chi connectivity index (χ1) is 7.80. The summed E-state index contributed by atoms with van der Waals surface area (Å²) >= 11 is 0. The Morgan fingerprint density at radius 3 is 2.35 bits per heavy atom. The molecule has 17 heavy (non-hydrogen) atoms. The molecule has 4 nitrogen and oxygen atoms in total. The summed E-state index contributed by atoms with van der Waals surface area (Å²) in [6.45, 7) is 9.95. The summed E-state index contributed by atoms with van der Waals surface area (Å²) in [5.41, 5.74) is -0.181. The minimum absolute atomic E-state index is 0.0506. The van der Waals surface area contributed by atoms with Gasteiger partial charge in [-0.2, -0.15) is 0 Å². The minimum Gasteiger partial charge on any atom is -0.382 e. The maximum atomic E-state index is 6.04. The lowest BCUT2D eigenvalue weighted by Gasteiger charge is -2.29. The van der Waals surface area contributed by atoms with Gasteiger partial charge in [-0.1, -0.05) is 0 Å². The third-order valence-corrected chi connectivity index (χ3v) is 3.35. The van der Waals surface area contributed by atoms with Crippen molar-refractivity contribution in [1.82, 2.24) is 5.32 Å². The standard InChI is InChI=1S/C13H27NO3/c1-12(2)7-11(13(3,4)17-12)14-8-10(16-6)9-15-5/h10-11,14H,7-9H2,1-6H3. The van der Waals surface area contributed by atoms with Crippen molar-refractivity contribution in [1.29, 1.82) is 0 Å². The summed E-state index contributed by atoms with van der Waals surface area (Å²) in [4.78, 5) is 0. The molecular weight excluding hydrogens is 218 g/mol. The average molecular weight is 245 g/mol. The van der Waals surface area contributed by atoms with E-state index >= 15 is 0 Å². The smallest absolute Gasteiger partial charge is 0.0928 e. The van der Waals surface area contributed by atoms with E-state index in [0.29, 0.717) is 12.6 Å². The Labute approximate surface area is 105 Å². The van der Waals surface area contributed by atoms with E-state index in [1.54, 1.807) is 14.2 Å². The Bertz CT molecular complexity index is 241. The maximum Gasteiger partial charge on any atom is 0.0928 e. The summed E-state index contributed by atoms with van der Waals surface area (Å²) in [6.07, 6.45) is 1.11. The van der Waals surface area contributed by atoms with E-state index in [1.807, 2.05) is 0 Å². The maximum absolute atomic E-state index is 6.04. The van der Waals surface area contributed by atoms with Crippen molar-refractivity contribution in [2.75, 3.05) is 27.4 Å². The van der Waals surface area contributed by atoms with Crippen LogP contribution < -0.4 is 5.32 Å². The fourth-order valence-electron chi connectivity index (χ4n) is 2.55. The van der Waals surface area contributed by atoms with Gasteiger partial charge in [0.05, 0.1) is 23.9 Å². The van der Waals surface area contributed by atoms with Crippen molar-refractivity contribution < 1.29 is 14.2 Å². The van der Waals surface area contributed by atoms with Gasteiger partial charge in [0, 0.05) is 26.8 Å². The highest BCUT2D eigenvalue weighted by Crippen LogP contribution is 2.37. The van der Waals surface area contributed by atoms with Gasteiger partial charge in [-0.15, -0.1) is 0 Å². The second kappa shape index (κ2) is 5.65. The zero-order chi connectivity index (χ0) is 13.1. The lowest BCUT2D eigenvalue weighted by molar-refractivity contribution is -0.0708. The molecule has 0 bridgehead atoms. The van der Waals surface area contributed by atoms with Crippen molar-refractivity contribution in [2.45, 2.75) is 57.5 Å². The quantitative estimate of drug-likeness (QED) is 0.771. The van der Waals surface area contributed by atoms with E-state index in [0.717, 1.165) is 13.0 Å². The second-order valence-corrected chi connectivity index (χ2v) is 5.94. The number of hydrogen-bond donors (Lipinski definition) is 1. The molecule has 0 radical (unpaired) electrons. The van der Waals surface area contributed by atoms with Crippen LogP contribution in [0.2, 0.25) is 0 Å². The third-order valence-electron chi connectivity index (χ3n) is 3.35. The van der Waals surface area contributed by atoms with Crippen LogP contribution in [0.25, 0.3) is 0 Å². The van der Waals surface area contributed by atoms with E-state index in [9.17, 15) is 0 Å². The Morgan fingerprint density at radius 2 is 1.94 bits per heavy atom. The SMILES string of the molecule is COCC(CNC1CC(C)(C)OC1(C)C)OC. The fraction of sp³-hybridized carbons (Fsp3) is 1.00. The number of nitrogens with one attached hydrogen (secondary N) is 1. The van der Waals surface area contributed by atoms with Gasteiger partial charge in [0.1, 0.15) is 0 Å². The Kier molecular flexibility index (Phi) is 4.95. The molecule has 1 fully saturated rings. The molecule has 1 heterocycles.